The predicted octanol–water partition coefficient (Wildman–Crippen LogP) is 3.76. The number of hydrogen-bond acceptors (Lipinski definition) is 4. The molecule has 21 heavy (non-hydrogen) atoms. The second-order valence-electron chi connectivity index (χ2n) is 4.45. The van der Waals surface area contributed by atoms with Gasteiger partial charge in [-0.15, -0.1) is 0 Å². The lowest BCUT2D eigenvalue weighted by Crippen LogP contribution is -2.00. The minimum absolute atomic E-state index is 0.0346. The van der Waals surface area contributed by atoms with Gasteiger partial charge in [0.15, 0.2) is 0 Å². The van der Waals surface area contributed by atoms with Crippen molar-refractivity contribution in [2.24, 2.45) is 7.05 Å². The Balaban J connectivity index is 2.22. The van der Waals surface area contributed by atoms with E-state index < -0.39 is 4.92 Å². The van der Waals surface area contributed by atoms with Crippen LogP contribution in [0.2, 0.25) is 5.15 Å². The average molecular weight is 375 g/mol. The fourth-order valence-electron chi connectivity index (χ4n) is 1.91. The first-order valence-electron chi connectivity index (χ1n) is 6.08. The number of rotatable bonds is 5. The minimum Gasteiger partial charge on any atom is -0.488 e. The minimum atomic E-state index is -0.432. The summed E-state index contributed by atoms with van der Waals surface area (Å²) in [6.45, 7) is 2.11. The molecule has 0 saturated heterocycles. The Bertz CT molecular complexity index is 688. The van der Waals surface area contributed by atoms with Crippen molar-refractivity contribution in [1.82, 2.24) is 9.78 Å². The van der Waals surface area contributed by atoms with Crippen molar-refractivity contribution in [2.45, 2.75) is 18.9 Å². The fourth-order valence-corrected chi connectivity index (χ4v) is 2.58. The molecule has 0 aliphatic rings. The first-order valence-corrected chi connectivity index (χ1v) is 7.58. The molecule has 0 saturated carbocycles. The lowest BCUT2D eigenvalue weighted by Gasteiger charge is -2.10. The van der Waals surface area contributed by atoms with Gasteiger partial charge in [0, 0.05) is 35.6 Å². The summed E-state index contributed by atoms with van der Waals surface area (Å²) in [5.41, 5.74) is 2.34. The van der Waals surface area contributed by atoms with Gasteiger partial charge in [0.25, 0.3) is 5.69 Å². The average Bonchev–Trinajstić information content (AvgIpc) is 2.70. The topological polar surface area (TPSA) is 70.2 Å². The molecule has 6 nitrogen and oxygen atoms in total. The number of alkyl halides is 1. The lowest BCUT2D eigenvalue weighted by atomic mass is 10.2. The summed E-state index contributed by atoms with van der Waals surface area (Å²) < 4.78 is 7.31. The van der Waals surface area contributed by atoms with Crippen LogP contribution in [0.3, 0.4) is 0 Å². The quantitative estimate of drug-likeness (QED) is 0.454. The molecule has 0 bridgehead atoms. The van der Waals surface area contributed by atoms with Gasteiger partial charge in [0.05, 0.1) is 10.6 Å². The van der Waals surface area contributed by atoms with Crippen LogP contribution in [0.15, 0.2) is 18.2 Å². The number of nitro benzene ring substituents is 1. The van der Waals surface area contributed by atoms with Crippen molar-refractivity contribution in [3.05, 3.63) is 50.3 Å². The Morgan fingerprint density at radius 1 is 1.52 bits per heavy atom. The summed E-state index contributed by atoms with van der Waals surface area (Å²) in [5, 5.41) is 16.0. The molecule has 0 amide bonds. The van der Waals surface area contributed by atoms with Gasteiger partial charge in [-0.3, -0.25) is 14.8 Å². The Morgan fingerprint density at radius 3 is 2.76 bits per heavy atom. The molecule has 0 aliphatic heterocycles. The summed E-state index contributed by atoms with van der Waals surface area (Å²) in [4.78, 5) is 10.3. The smallest absolute Gasteiger partial charge is 0.270 e. The molecule has 1 heterocycles. The van der Waals surface area contributed by atoms with Crippen LogP contribution in [0.1, 0.15) is 16.8 Å². The third-order valence-electron chi connectivity index (χ3n) is 3.04. The number of benzene rings is 1. The van der Waals surface area contributed by atoms with E-state index in [9.17, 15) is 10.1 Å². The van der Waals surface area contributed by atoms with Crippen molar-refractivity contribution in [3.63, 3.8) is 0 Å². The molecule has 2 aromatic rings. The number of aryl methyl sites for hydroxylation is 2. The van der Waals surface area contributed by atoms with Crippen LogP contribution in [-0.2, 0) is 19.0 Å². The van der Waals surface area contributed by atoms with Gasteiger partial charge in [0.1, 0.15) is 17.5 Å². The van der Waals surface area contributed by atoms with Crippen LogP contribution in [0.4, 0.5) is 5.69 Å². The molecule has 8 heteroatoms. The van der Waals surface area contributed by atoms with E-state index in [2.05, 4.69) is 21.0 Å². The van der Waals surface area contributed by atoms with Gasteiger partial charge in [-0.1, -0.05) is 27.5 Å². The Labute approximate surface area is 134 Å². The van der Waals surface area contributed by atoms with E-state index in [1.54, 1.807) is 17.8 Å². The zero-order valence-electron chi connectivity index (χ0n) is 11.5. The highest BCUT2D eigenvalue weighted by Crippen LogP contribution is 2.28. The van der Waals surface area contributed by atoms with Gasteiger partial charge < -0.3 is 4.74 Å². The molecule has 0 spiro atoms. The maximum absolute atomic E-state index is 10.8. The number of ether oxygens (including phenoxy) is 1. The summed E-state index contributed by atoms with van der Waals surface area (Å²) in [5.74, 6) is 0.580. The summed E-state index contributed by atoms with van der Waals surface area (Å²) in [7, 11) is 1.76. The van der Waals surface area contributed by atoms with E-state index >= 15 is 0 Å². The van der Waals surface area contributed by atoms with E-state index in [4.69, 9.17) is 16.3 Å². The number of hydrogen-bond donors (Lipinski definition) is 0. The second kappa shape index (κ2) is 6.44. The predicted molar refractivity (Wildman–Crippen MR) is 83.0 cm³/mol. The largest absolute Gasteiger partial charge is 0.488 e. The monoisotopic (exact) mass is 373 g/mol. The van der Waals surface area contributed by atoms with Crippen molar-refractivity contribution in [2.75, 3.05) is 0 Å². The molecule has 1 aromatic heterocycles. The zero-order chi connectivity index (χ0) is 15.6. The number of non-ortho nitro benzene ring substituents is 1. The molecule has 0 fully saturated rings. The van der Waals surface area contributed by atoms with Crippen LogP contribution in [0.25, 0.3) is 0 Å². The van der Waals surface area contributed by atoms with E-state index in [1.807, 2.05) is 6.92 Å². The third-order valence-corrected chi connectivity index (χ3v) is 4.12. The Hall–Kier alpha value is -1.60. The first kappa shape index (κ1) is 15.8. The van der Waals surface area contributed by atoms with Crippen LogP contribution in [-0.4, -0.2) is 14.7 Å². The molecular weight excluding hydrogens is 362 g/mol. The highest BCUT2D eigenvalue weighted by atomic mass is 79.9. The summed E-state index contributed by atoms with van der Waals surface area (Å²) in [6.07, 6.45) is 0. The number of aromatic nitrogens is 2. The van der Waals surface area contributed by atoms with E-state index in [0.717, 1.165) is 11.3 Å². The van der Waals surface area contributed by atoms with Crippen LogP contribution in [0, 0.1) is 17.0 Å². The SMILES string of the molecule is Cc1nn(C)c(Cl)c1COc1ccc([N+](=O)[O-])cc1CBr. The van der Waals surface area contributed by atoms with Gasteiger partial charge >= 0.3 is 0 Å². The van der Waals surface area contributed by atoms with E-state index in [1.165, 1.54) is 12.1 Å². The molecule has 112 valence electrons. The Kier molecular flexibility index (Phi) is 4.84. The maximum Gasteiger partial charge on any atom is 0.270 e. The second-order valence-corrected chi connectivity index (χ2v) is 5.37. The maximum atomic E-state index is 10.8. The first-order chi connectivity index (χ1) is 9.93. The molecule has 0 N–H and O–H groups in total. The van der Waals surface area contributed by atoms with Crippen LogP contribution >= 0.6 is 27.5 Å². The zero-order valence-corrected chi connectivity index (χ0v) is 13.8. The number of halogens is 2. The summed E-state index contributed by atoms with van der Waals surface area (Å²) >= 11 is 9.45. The van der Waals surface area contributed by atoms with Crippen molar-refractivity contribution >= 4 is 33.2 Å². The van der Waals surface area contributed by atoms with Gasteiger partial charge in [-0.05, 0) is 13.0 Å². The standard InChI is InChI=1S/C13H13BrClN3O3/c1-8-11(13(15)17(2)16-8)7-21-12-4-3-10(18(19)20)5-9(12)6-14/h3-5H,6-7H2,1-2H3. The van der Waals surface area contributed by atoms with Gasteiger partial charge in [-0.2, -0.15) is 5.10 Å². The third kappa shape index (κ3) is 3.36. The lowest BCUT2D eigenvalue weighted by molar-refractivity contribution is -0.384. The highest BCUT2D eigenvalue weighted by Gasteiger charge is 2.14. The van der Waals surface area contributed by atoms with Crippen LogP contribution < -0.4 is 4.74 Å². The number of nitrogens with zero attached hydrogens (tertiary/aromatic N) is 3. The van der Waals surface area contributed by atoms with Gasteiger partial charge in [0.2, 0.25) is 0 Å². The molecule has 2 rings (SSSR count). The van der Waals surface area contributed by atoms with Crippen molar-refractivity contribution in [1.29, 1.82) is 0 Å². The molecular formula is C13H13BrClN3O3. The fraction of sp³-hybridized carbons (Fsp3) is 0.308. The molecule has 0 aliphatic carbocycles. The normalized spacial score (nSPS) is 10.7. The molecule has 0 unspecified atom stereocenters. The molecule has 1 aromatic carbocycles. The Morgan fingerprint density at radius 2 is 2.24 bits per heavy atom. The van der Waals surface area contributed by atoms with Gasteiger partial charge in [-0.25, -0.2) is 0 Å². The van der Waals surface area contributed by atoms with Crippen molar-refractivity contribution < 1.29 is 9.66 Å². The number of nitro groups is 1. The molecule has 0 atom stereocenters. The molecule has 0 radical (unpaired) electrons. The van der Waals surface area contributed by atoms with Crippen molar-refractivity contribution in [3.8, 4) is 5.75 Å². The van der Waals surface area contributed by atoms with E-state index in [0.29, 0.717) is 21.8 Å². The van der Waals surface area contributed by atoms with Crippen LogP contribution in [0.5, 0.6) is 5.75 Å². The van der Waals surface area contributed by atoms with E-state index in [-0.39, 0.29) is 12.3 Å². The highest BCUT2D eigenvalue weighted by molar-refractivity contribution is 9.08. The summed E-state index contributed by atoms with van der Waals surface area (Å²) in [6, 6.07) is 4.50.